The number of carbonyl (C=O) groups excluding carboxylic acids is 4. The molecule has 1 fully saturated rings. The van der Waals surface area contributed by atoms with Gasteiger partial charge in [0, 0.05) is 6.42 Å². The van der Waals surface area contributed by atoms with E-state index in [1.165, 1.54) is 0 Å². The Bertz CT molecular complexity index is 588. The van der Waals surface area contributed by atoms with Crippen LogP contribution in [-0.2, 0) is 9.59 Å². The van der Waals surface area contributed by atoms with Crippen LogP contribution in [0.5, 0.6) is 0 Å². The topological polar surface area (TPSA) is 83.6 Å². The fourth-order valence-electron chi connectivity index (χ4n) is 2.42. The third kappa shape index (κ3) is 1.64. The molecule has 96 valence electrons. The monoisotopic (exact) mass is 260 g/mol. The summed E-state index contributed by atoms with van der Waals surface area (Å²) in [6, 6.07) is 5.55. The number of imide groups is 2. The summed E-state index contributed by atoms with van der Waals surface area (Å²) in [7, 11) is 0. The van der Waals surface area contributed by atoms with Crippen LogP contribution in [0.3, 0.4) is 0 Å². The lowest BCUT2D eigenvalue weighted by Crippen LogP contribution is -2.54. The van der Waals surface area contributed by atoms with Crippen molar-refractivity contribution in [2.24, 2.45) is 0 Å². The Labute approximate surface area is 108 Å². The van der Waals surface area contributed by atoms with E-state index < -0.39 is 23.8 Å². The Kier molecular flexibility index (Phi) is 2.45. The summed E-state index contributed by atoms with van der Waals surface area (Å²) >= 11 is 0. The zero-order chi connectivity index (χ0) is 13.6. The average molecular weight is 260 g/mol. The van der Waals surface area contributed by atoms with Gasteiger partial charge < -0.3 is 0 Å². The van der Waals surface area contributed by atoms with Crippen LogP contribution in [0.25, 0.3) is 0 Å². The Morgan fingerprint density at radius 2 is 1.58 bits per heavy atom. The molecule has 0 radical (unpaired) electrons. The molecular formula is C13H10N2O4. The van der Waals surface area contributed by atoms with E-state index >= 15 is 0 Å². The van der Waals surface area contributed by atoms with Crippen LogP contribution in [0.15, 0.2) is 24.3 Å². The number of carbonyl (C=O) groups is 4. The van der Waals surface area contributed by atoms with Crippen LogP contribution in [-0.4, -0.2) is 34.6 Å². The van der Waals surface area contributed by atoms with Gasteiger partial charge in [-0.2, -0.15) is 0 Å². The standard InChI is InChI=1S/C13H10N2O4/c16-10-6-5-9(11(17)14-10)15-12(18)7-3-1-2-4-8(7)13(15)19/h1-4,9H,5-6H2,(H,14,16,17)/i6+1,10+1. The van der Waals surface area contributed by atoms with Gasteiger partial charge in [-0.25, -0.2) is 0 Å². The molecule has 1 saturated heterocycles. The molecule has 0 spiro atoms. The number of hydrogen-bond acceptors (Lipinski definition) is 4. The first-order valence-corrected chi connectivity index (χ1v) is 5.90. The van der Waals surface area contributed by atoms with E-state index in [9.17, 15) is 19.2 Å². The number of piperidine rings is 1. The molecule has 1 unspecified atom stereocenters. The SMILES string of the molecule is O=C1N[13C](=O)[13CH2]CC1N1C(=O)c2ccccc2C1=O. The van der Waals surface area contributed by atoms with Gasteiger partial charge >= 0.3 is 0 Å². The van der Waals surface area contributed by atoms with Crippen molar-refractivity contribution in [2.45, 2.75) is 18.9 Å². The van der Waals surface area contributed by atoms with Crippen molar-refractivity contribution < 1.29 is 19.2 Å². The second kappa shape index (κ2) is 4.01. The van der Waals surface area contributed by atoms with Crippen LogP contribution in [0, 0.1) is 0 Å². The maximum atomic E-state index is 12.2. The van der Waals surface area contributed by atoms with Crippen molar-refractivity contribution in [2.75, 3.05) is 0 Å². The van der Waals surface area contributed by atoms with Gasteiger partial charge in [-0.05, 0) is 18.6 Å². The zero-order valence-electron chi connectivity index (χ0n) is 9.88. The van der Waals surface area contributed by atoms with Gasteiger partial charge in [0.2, 0.25) is 11.8 Å². The molecule has 3 rings (SSSR count). The first-order valence-electron chi connectivity index (χ1n) is 5.90. The normalized spacial score (nSPS) is 22.5. The average Bonchev–Trinajstić information content (AvgIpc) is 2.64. The van der Waals surface area contributed by atoms with Crippen molar-refractivity contribution >= 4 is 23.6 Å². The highest BCUT2D eigenvalue weighted by molar-refractivity contribution is 6.23. The third-order valence-electron chi connectivity index (χ3n) is 3.35. The maximum Gasteiger partial charge on any atom is 0.262 e. The van der Waals surface area contributed by atoms with Gasteiger partial charge in [0.25, 0.3) is 11.8 Å². The molecule has 4 amide bonds. The summed E-state index contributed by atoms with van der Waals surface area (Å²) in [6.45, 7) is 0. The molecule has 6 nitrogen and oxygen atoms in total. The van der Waals surface area contributed by atoms with Crippen molar-refractivity contribution in [3.63, 3.8) is 0 Å². The first kappa shape index (κ1) is 11.6. The lowest BCUT2D eigenvalue weighted by Gasteiger charge is -2.27. The molecule has 2 aliphatic rings. The Morgan fingerprint density at radius 3 is 2.11 bits per heavy atom. The van der Waals surface area contributed by atoms with Crippen LogP contribution >= 0.6 is 0 Å². The fraction of sp³-hybridized carbons (Fsp3) is 0.231. The predicted octanol–water partition coefficient (Wildman–Crippen LogP) is 0.0878. The van der Waals surface area contributed by atoms with Crippen LogP contribution < -0.4 is 5.32 Å². The Balaban J connectivity index is 1.96. The molecule has 2 heterocycles. The molecule has 19 heavy (non-hydrogen) atoms. The van der Waals surface area contributed by atoms with Crippen molar-refractivity contribution in [3.8, 4) is 0 Å². The number of fused-ring (bicyclic) bond motifs is 1. The molecule has 1 N–H and O–H groups in total. The molecule has 0 aromatic heterocycles. The molecule has 6 heteroatoms. The fourth-order valence-corrected chi connectivity index (χ4v) is 2.42. The van der Waals surface area contributed by atoms with E-state index in [1.807, 2.05) is 0 Å². The highest BCUT2D eigenvalue weighted by Gasteiger charge is 2.44. The highest BCUT2D eigenvalue weighted by atomic mass is 16.2. The van der Waals surface area contributed by atoms with Crippen molar-refractivity contribution in [1.82, 2.24) is 10.2 Å². The van der Waals surface area contributed by atoms with E-state index in [4.69, 9.17) is 0 Å². The minimum absolute atomic E-state index is 0.129. The predicted molar refractivity (Wildman–Crippen MR) is 63.1 cm³/mol. The summed E-state index contributed by atoms with van der Waals surface area (Å²) in [5.41, 5.74) is 0.606. The smallest absolute Gasteiger partial charge is 0.262 e. The van der Waals surface area contributed by atoms with Gasteiger partial charge in [0.15, 0.2) is 0 Å². The third-order valence-corrected chi connectivity index (χ3v) is 3.35. The summed E-state index contributed by atoms with van der Waals surface area (Å²) in [6.07, 6.45) is 0.306. The van der Waals surface area contributed by atoms with E-state index in [2.05, 4.69) is 5.32 Å². The minimum Gasteiger partial charge on any atom is -0.295 e. The highest BCUT2D eigenvalue weighted by Crippen LogP contribution is 2.26. The molecular weight excluding hydrogens is 250 g/mol. The molecule has 1 aromatic carbocycles. The van der Waals surface area contributed by atoms with Gasteiger partial charge in [0.1, 0.15) is 6.04 Å². The summed E-state index contributed by atoms with van der Waals surface area (Å²) < 4.78 is 0. The van der Waals surface area contributed by atoms with Crippen LogP contribution in [0.1, 0.15) is 33.6 Å². The number of benzene rings is 1. The first-order chi connectivity index (χ1) is 9.09. The maximum absolute atomic E-state index is 12.2. The summed E-state index contributed by atoms with van der Waals surface area (Å²) in [5.74, 6) is -1.92. The second-order valence-corrected chi connectivity index (χ2v) is 4.49. The Hall–Kier alpha value is -2.50. The molecule has 1 atom stereocenters. The van der Waals surface area contributed by atoms with Gasteiger partial charge in [-0.15, -0.1) is 0 Å². The van der Waals surface area contributed by atoms with E-state index in [0.717, 1.165) is 4.90 Å². The quantitative estimate of drug-likeness (QED) is 0.573. The second-order valence-electron chi connectivity index (χ2n) is 4.49. The van der Waals surface area contributed by atoms with Crippen molar-refractivity contribution in [3.05, 3.63) is 35.4 Å². The molecule has 2 aliphatic heterocycles. The van der Waals surface area contributed by atoms with Gasteiger partial charge in [-0.1, -0.05) is 12.1 Å². The van der Waals surface area contributed by atoms with Crippen LogP contribution in [0.2, 0.25) is 0 Å². The van der Waals surface area contributed by atoms with Gasteiger partial charge in [-0.3, -0.25) is 29.4 Å². The lowest BCUT2D eigenvalue weighted by atomic mass is 10.1. The summed E-state index contributed by atoms with van der Waals surface area (Å²) in [5, 5.41) is 2.15. The number of hydrogen-bond donors (Lipinski definition) is 1. The lowest BCUT2D eigenvalue weighted by molar-refractivity contribution is -0.136. The number of nitrogens with zero attached hydrogens (tertiary/aromatic N) is 1. The van der Waals surface area contributed by atoms with E-state index in [-0.39, 0.29) is 18.7 Å². The van der Waals surface area contributed by atoms with Crippen LogP contribution in [0.4, 0.5) is 0 Å². The van der Waals surface area contributed by atoms with E-state index in [1.54, 1.807) is 24.3 Å². The summed E-state index contributed by atoms with van der Waals surface area (Å²) in [4.78, 5) is 48.1. The zero-order valence-corrected chi connectivity index (χ0v) is 9.88. The van der Waals surface area contributed by atoms with Crippen molar-refractivity contribution in [1.29, 1.82) is 0 Å². The Morgan fingerprint density at radius 1 is 1.00 bits per heavy atom. The molecule has 1 aromatic rings. The molecule has 0 aliphatic carbocycles. The number of nitrogens with one attached hydrogen (secondary N) is 1. The number of rotatable bonds is 1. The minimum atomic E-state index is -0.898. The molecule has 0 bridgehead atoms. The largest absolute Gasteiger partial charge is 0.295 e. The molecule has 0 saturated carbocycles. The van der Waals surface area contributed by atoms with Gasteiger partial charge in [0.05, 0.1) is 11.1 Å². The van der Waals surface area contributed by atoms with E-state index in [0.29, 0.717) is 11.1 Å². The number of amides is 4.